The fourth-order valence-electron chi connectivity index (χ4n) is 14.1. The molecule has 2 unspecified atom stereocenters. The Balaban J connectivity index is 1.31. The standard InChI is InChI=1S/C41H58O13/c1-16(2)11-26(44)50-23-13-21-14-24-33(51-24)34(47)40(21,19(6)42)22-15-25(49-20(7)43)37(8)29-18(5)35-41(53-35)38(9,31(29)32(46)30(37)28(22)23)39(10,36(48)54-41)52-27(45)12-17(3)4/h16-18,21-25,28-35,46-47H,11-15H2,1-10H3/t18-,21-,22?,23-,24-,25-,28?,29-,30+,31-,32+,33-,34-,35+,37+,38-,39+,40-,41-/m0/s1. The van der Waals surface area contributed by atoms with E-state index in [0.717, 1.165) is 0 Å². The van der Waals surface area contributed by atoms with Crippen LogP contribution >= 0.6 is 0 Å². The summed E-state index contributed by atoms with van der Waals surface area (Å²) >= 11 is 0. The zero-order valence-electron chi connectivity index (χ0n) is 33.2. The van der Waals surface area contributed by atoms with Gasteiger partial charge in [-0.25, -0.2) is 4.79 Å². The molecule has 13 heteroatoms. The van der Waals surface area contributed by atoms with Crippen LogP contribution in [0, 0.1) is 69.5 Å². The Bertz CT molecular complexity index is 1660. The largest absolute Gasteiger partial charge is 0.462 e. The third-order valence-corrected chi connectivity index (χ3v) is 16.1. The Morgan fingerprint density at radius 3 is 2.15 bits per heavy atom. The van der Waals surface area contributed by atoms with E-state index >= 15 is 0 Å². The summed E-state index contributed by atoms with van der Waals surface area (Å²) in [7, 11) is 0. The molecule has 3 heterocycles. The van der Waals surface area contributed by atoms with Gasteiger partial charge in [-0.15, -0.1) is 0 Å². The monoisotopic (exact) mass is 758 g/mol. The molecule has 5 aliphatic carbocycles. The lowest BCUT2D eigenvalue weighted by atomic mass is 9.41. The molecule has 0 bridgehead atoms. The SMILES string of the molecule is CC(=O)O[C@H]1CC2C([C@@H](OC(=O)CC(C)C)C[C@H]3C[C@@H]4O[C@@H]4[C@H](O)[C@]23C(C)=O)[C@@H]2[C@@H](O)[C@@H]3[C@H]([C@H](C)[C@H]4O[C@]45OC(=O)[C@@](C)(OC(=O)CC(C)C)[C@]35C)[C@@]12C. The first-order chi connectivity index (χ1) is 25.1. The lowest BCUT2D eigenvalue weighted by molar-refractivity contribution is -0.241. The van der Waals surface area contributed by atoms with Crippen LogP contribution in [0.25, 0.3) is 0 Å². The summed E-state index contributed by atoms with van der Waals surface area (Å²) in [4.78, 5) is 68.5. The van der Waals surface area contributed by atoms with Gasteiger partial charge in [0.15, 0.2) is 0 Å². The number of carbonyl (C=O) groups is 5. The summed E-state index contributed by atoms with van der Waals surface area (Å²) in [6.07, 6.45) is -4.10. The molecule has 0 radical (unpaired) electrons. The van der Waals surface area contributed by atoms with Crippen molar-refractivity contribution in [3.8, 4) is 0 Å². The number of epoxide rings is 2. The second kappa shape index (κ2) is 12.0. The highest BCUT2D eigenvalue weighted by Gasteiger charge is 2.93. The van der Waals surface area contributed by atoms with Crippen LogP contribution in [-0.4, -0.2) is 94.0 Å². The van der Waals surface area contributed by atoms with Gasteiger partial charge in [0.25, 0.3) is 5.79 Å². The van der Waals surface area contributed by atoms with Gasteiger partial charge in [-0.1, -0.05) is 41.5 Å². The minimum Gasteiger partial charge on any atom is -0.462 e. The molecule has 19 atom stereocenters. The molecule has 300 valence electrons. The highest BCUT2D eigenvalue weighted by molar-refractivity contribution is 5.88. The smallest absolute Gasteiger partial charge is 0.353 e. The number of carbonyl (C=O) groups excluding carboxylic acids is 5. The molecular formula is C41H58O13. The predicted molar refractivity (Wildman–Crippen MR) is 186 cm³/mol. The van der Waals surface area contributed by atoms with E-state index in [1.807, 2.05) is 41.5 Å². The third kappa shape index (κ3) is 4.61. The number of esters is 4. The number of aliphatic hydroxyl groups excluding tert-OH is 2. The van der Waals surface area contributed by atoms with Crippen molar-refractivity contribution in [2.45, 2.75) is 155 Å². The molecule has 0 aromatic rings. The average molecular weight is 759 g/mol. The molecule has 8 rings (SSSR count). The molecule has 8 fully saturated rings. The molecule has 2 N–H and O–H groups in total. The molecule has 0 aromatic carbocycles. The van der Waals surface area contributed by atoms with Crippen molar-refractivity contribution in [3.63, 3.8) is 0 Å². The number of Topliss-reactive ketones (excluding diaryl/α,β-unsaturated/α-hetero) is 1. The molecule has 13 nitrogen and oxygen atoms in total. The van der Waals surface area contributed by atoms with E-state index in [4.69, 9.17) is 28.4 Å². The number of ether oxygens (including phenoxy) is 6. The summed E-state index contributed by atoms with van der Waals surface area (Å²) in [5.74, 6) is -8.01. The molecular weight excluding hydrogens is 700 g/mol. The van der Waals surface area contributed by atoms with Crippen LogP contribution in [0.15, 0.2) is 0 Å². The van der Waals surface area contributed by atoms with Crippen molar-refractivity contribution in [3.05, 3.63) is 0 Å². The number of hydrogen-bond acceptors (Lipinski definition) is 13. The lowest BCUT2D eigenvalue weighted by Gasteiger charge is -2.64. The average Bonchev–Trinajstić information content (AvgIpc) is 3.95. The summed E-state index contributed by atoms with van der Waals surface area (Å²) in [6.45, 7) is 17.8. The van der Waals surface area contributed by atoms with E-state index in [2.05, 4.69) is 0 Å². The first-order valence-corrected chi connectivity index (χ1v) is 20.1. The van der Waals surface area contributed by atoms with Crippen LogP contribution in [0.3, 0.4) is 0 Å². The highest BCUT2D eigenvalue weighted by Crippen LogP contribution is 2.81. The van der Waals surface area contributed by atoms with Crippen molar-refractivity contribution in [2.24, 2.45) is 69.5 Å². The maximum Gasteiger partial charge on any atom is 0.353 e. The lowest BCUT2D eigenvalue weighted by Crippen LogP contribution is -2.70. The Morgan fingerprint density at radius 1 is 0.889 bits per heavy atom. The van der Waals surface area contributed by atoms with Crippen molar-refractivity contribution in [2.75, 3.05) is 0 Å². The normalized spacial score (nSPS) is 53.0. The first-order valence-electron chi connectivity index (χ1n) is 20.1. The molecule has 3 saturated heterocycles. The number of fused-ring (bicyclic) bond motifs is 9. The van der Waals surface area contributed by atoms with Crippen molar-refractivity contribution in [1.29, 1.82) is 0 Å². The van der Waals surface area contributed by atoms with Gasteiger partial charge in [0, 0.05) is 42.9 Å². The van der Waals surface area contributed by atoms with Crippen LogP contribution in [0.5, 0.6) is 0 Å². The molecule has 54 heavy (non-hydrogen) atoms. The minimum atomic E-state index is -1.85. The second-order valence-electron chi connectivity index (χ2n) is 19.6. The predicted octanol–water partition coefficient (Wildman–Crippen LogP) is 3.52. The van der Waals surface area contributed by atoms with Crippen LogP contribution in [0.1, 0.15) is 101 Å². The van der Waals surface area contributed by atoms with Gasteiger partial charge in [0.05, 0.1) is 29.1 Å². The summed E-state index contributed by atoms with van der Waals surface area (Å²) in [6, 6.07) is 0. The van der Waals surface area contributed by atoms with Crippen molar-refractivity contribution in [1.82, 2.24) is 0 Å². The second-order valence-corrected chi connectivity index (χ2v) is 19.6. The zero-order chi connectivity index (χ0) is 39.4. The van der Waals surface area contributed by atoms with Crippen molar-refractivity contribution >= 4 is 29.7 Å². The third-order valence-electron chi connectivity index (χ3n) is 16.1. The molecule has 5 saturated carbocycles. The summed E-state index contributed by atoms with van der Waals surface area (Å²) in [5, 5.41) is 25.4. The van der Waals surface area contributed by atoms with E-state index in [1.165, 1.54) is 13.8 Å². The zero-order valence-corrected chi connectivity index (χ0v) is 33.2. The van der Waals surface area contributed by atoms with Gasteiger partial charge >= 0.3 is 23.9 Å². The quantitative estimate of drug-likeness (QED) is 0.208. The number of aliphatic hydroxyl groups is 2. The molecule has 0 amide bonds. The first kappa shape index (κ1) is 38.3. The van der Waals surface area contributed by atoms with Crippen LogP contribution in [0.4, 0.5) is 0 Å². The Kier molecular flexibility index (Phi) is 8.47. The van der Waals surface area contributed by atoms with Gasteiger partial charge in [-0.3, -0.25) is 19.2 Å². The summed E-state index contributed by atoms with van der Waals surface area (Å²) < 4.78 is 37.4. The van der Waals surface area contributed by atoms with Gasteiger partial charge in [-0.2, -0.15) is 0 Å². The topological polar surface area (TPSA) is 188 Å². The Labute approximate surface area is 316 Å². The molecule has 1 spiro atoms. The van der Waals surface area contributed by atoms with Gasteiger partial charge in [0.1, 0.15) is 30.2 Å². The van der Waals surface area contributed by atoms with E-state index in [0.29, 0.717) is 6.42 Å². The minimum absolute atomic E-state index is 0.0231. The fraction of sp³-hybridized carbons (Fsp3) is 0.878. The number of ketones is 1. The fourth-order valence-corrected chi connectivity index (χ4v) is 14.1. The van der Waals surface area contributed by atoms with Crippen molar-refractivity contribution < 1.29 is 62.6 Å². The maximum atomic E-state index is 14.3. The highest BCUT2D eigenvalue weighted by atomic mass is 16.8. The van der Waals surface area contributed by atoms with Gasteiger partial charge in [0.2, 0.25) is 5.60 Å². The Morgan fingerprint density at radius 2 is 1.54 bits per heavy atom. The molecule has 8 aliphatic rings. The van der Waals surface area contributed by atoms with Crippen LogP contribution in [0.2, 0.25) is 0 Å². The van der Waals surface area contributed by atoms with E-state index in [-0.39, 0.29) is 67.2 Å². The Hall–Kier alpha value is -2.61. The van der Waals surface area contributed by atoms with E-state index < -0.39 is 112 Å². The van der Waals surface area contributed by atoms with E-state index in [1.54, 1.807) is 13.8 Å². The summed E-state index contributed by atoms with van der Waals surface area (Å²) in [5.41, 5.74) is -5.58. The molecule has 0 aromatic heterocycles. The maximum absolute atomic E-state index is 14.3. The van der Waals surface area contributed by atoms with E-state index in [9.17, 15) is 34.2 Å². The van der Waals surface area contributed by atoms with Crippen LogP contribution < -0.4 is 0 Å². The van der Waals surface area contributed by atoms with Gasteiger partial charge < -0.3 is 38.6 Å². The van der Waals surface area contributed by atoms with Crippen LogP contribution in [-0.2, 0) is 52.4 Å². The number of rotatable bonds is 8. The molecule has 3 aliphatic heterocycles. The number of hydrogen-bond donors (Lipinski definition) is 2. The van der Waals surface area contributed by atoms with Gasteiger partial charge in [-0.05, 0) is 75.5 Å².